The zero-order valence-electron chi connectivity index (χ0n) is 23.0. The number of amides is 2. The fraction of sp³-hybridized carbons (Fsp3) is 0.846. The van der Waals surface area contributed by atoms with Crippen molar-refractivity contribution in [1.29, 1.82) is 0 Å². The van der Waals surface area contributed by atoms with Gasteiger partial charge < -0.3 is 30.1 Å². The molecule has 0 spiro atoms. The predicted octanol–water partition coefficient (Wildman–Crippen LogP) is 2.61. The summed E-state index contributed by atoms with van der Waals surface area (Å²) in [5.41, 5.74) is 0. The van der Waals surface area contributed by atoms with Crippen LogP contribution in [0.2, 0.25) is 0 Å². The van der Waals surface area contributed by atoms with Crippen LogP contribution in [0.4, 0.5) is 0 Å². The summed E-state index contributed by atoms with van der Waals surface area (Å²) in [6.45, 7) is 17.4. The number of aliphatic carboxylic acids is 2. The maximum Gasteiger partial charge on any atom is 0.325 e. The Kier molecular flexibility index (Phi) is 21.2. The molecule has 0 bridgehead atoms. The smallest absolute Gasteiger partial charge is 0.325 e. The van der Waals surface area contributed by atoms with Gasteiger partial charge in [0.2, 0.25) is 11.8 Å². The number of quaternary nitrogens is 1. The van der Waals surface area contributed by atoms with Crippen molar-refractivity contribution in [2.75, 3.05) is 26.2 Å². The Morgan fingerprint density at radius 1 is 0.800 bits per heavy atom. The van der Waals surface area contributed by atoms with Crippen molar-refractivity contribution in [3.63, 3.8) is 0 Å². The number of hydrogen-bond acceptors (Lipinski definition) is 5. The Bertz CT molecular complexity index is 574. The molecule has 0 saturated heterocycles. The normalized spacial score (nSPS) is 12.6. The van der Waals surface area contributed by atoms with Crippen LogP contribution in [0.25, 0.3) is 0 Å². The number of carbonyl (C=O) groups excluding carboxylic acids is 3. The van der Waals surface area contributed by atoms with E-state index in [0.717, 1.165) is 0 Å². The molecule has 0 unspecified atom stereocenters. The molecule has 9 nitrogen and oxygen atoms in total. The first-order chi connectivity index (χ1) is 16.5. The van der Waals surface area contributed by atoms with E-state index in [2.05, 4.69) is 38.3 Å². The summed E-state index contributed by atoms with van der Waals surface area (Å²) in [6.07, 6.45) is 10.5. The second kappa shape index (κ2) is 21.1. The topological polar surface area (TPSA) is 136 Å². The molecule has 35 heavy (non-hydrogen) atoms. The van der Waals surface area contributed by atoms with Gasteiger partial charge in [-0.2, -0.15) is 0 Å². The van der Waals surface area contributed by atoms with E-state index in [4.69, 9.17) is 5.11 Å². The molecule has 3 N–H and O–H groups in total. The molecule has 2 atom stereocenters. The maximum absolute atomic E-state index is 11.6. The van der Waals surface area contributed by atoms with E-state index in [1.54, 1.807) is 0 Å². The Morgan fingerprint density at radius 3 is 1.49 bits per heavy atom. The van der Waals surface area contributed by atoms with Crippen LogP contribution in [0.15, 0.2) is 0 Å². The summed E-state index contributed by atoms with van der Waals surface area (Å²) in [7, 11) is 0. The molecule has 0 aromatic carbocycles. The highest BCUT2D eigenvalue weighted by Crippen LogP contribution is 2.16. The molecule has 0 heterocycles. The lowest BCUT2D eigenvalue weighted by Crippen LogP contribution is -2.50. The minimum Gasteiger partial charge on any atom is -0.550 e. The monoisotopic (exact) mass is 501 g/mol. The van der Waals surface area contributed by atoms with E-state index >= 15 is 0 Å². The minimum absolute atomic E-state index is 0.167. The van der Waals surface area contributed by atoms with Crippen LogP contribution in [-0.4, -0.2) is 71.6 Å². The zero-order chi connectivity index (χ0) is 27.3. The average Bonchev–Trinajstić information content (AvgIpc) is 2.80. The van der Waals surface area contributed by atoms with Gasteiger partial charge in [0.05, 0.1) is 26.2 Å². The number of nitrogens with one attached hydrogen (secondary N) is 2. The van der Waals surface area contributed by atoms with Crippen molar-refractivity contribution in [2.24, 2.45) is 0 Å². The van der Waals surface area contributed by atoms with Gasteiger partial charge in [-0.15, -0.1) is 0 Å². The first-order valence-electron chi connectivity index (χ1n) is 13.3. The van der Waals surface area contributed by atoms with E-state index in [1.807, 2.05) is 0 Å². The summed E-state index contributed by atoms with van der Waals surface area (Å²) in [6, 6.07) is -2.22. The number of carbonyl (C=O) groups is 4. The molecule has 0 fully saturated rings. The molecule has 0 aliphatic carbocycles. The van der Waals surface area contributed by atoms with Crippen molar-refractivity contribution in [1.82, 2.24) is 10.6 Å². The first kappa shape index (κ1) is 35.0. The Hall–Kier alpha value is -2.16. The van der Waals surface area contributed by atoms with E-state index in [1.165, 1.54) is 95.9 Å². The summed E-state index contributed by atoms with van der Waals surface area (Å²) < 4.78 is 1.42. The molecule has 9 heteroatoms. The van der Waals surface area contributed by atoms with Crippen LogP contribution in [0.5, 0.6) is 0 Å². The SMILES string of the molecule is CC(=O)N[C@@H](CCC(=O)[O-])C(=O)N[C@@H](C)C(=O)O.CCCC[N+](CCCC)(CCCC)CCCC. The Balaban J connectivity index is 0. The van der Waals surface area contributed by atoms with Gasteiger partial charge in [-0.3, -0.25) is 14.4 Å². The molecule has 0 rings (SSSR count). The summed E-state index contributed by atoms with van der Waals surface area (Å²) >= 11 is 0. The highest BCUT2D eigenvalue weighted by atomic mass is 16.4. The van der Waals surface area contributed by atoms with Crippen molar-refractivity contribution in [2.45, 2.75) is 118 Å². The number of carboxylic acid groups (broad SMARTS) is 2. The molecule has 2 amide bonds. The van der Waals surface area contributed by atoms with Crippen molar-refractivity contribution >= 4 is 23.8 Å². The number of carboxylic acids is 2. The highest BCUT2D eigenvalue weighted by molar-refractivity contribution is 5.90. The fourth-order valence-electron chi connectivity index (χ4n) is 3.80. The number of hydrogen-bond donors (Lipinski definition) is 3. The van der Waals surface area contributed by atoms with Crippen LogP contribution >= 0.6 is 0 Å². The van der Waals surface area contributed by atoms with Crippen LogP contribution in [0.3, 0.4) is 0 Å². The Morgan fingerprint density at radius 2 is 1.20 bits per heavy atom. The lowest BCUT2D eigenvalue weighted by atomic mass is 10.1. The molecule has 0 aliphatic rings. The first-order valence-corrected chi connectivity index (χ1v) is 13.3. The third-order valence-electron chi connectivity index (χ3n) is 6.00. The molecule has 0 radical (unpaired) electrons. The number of unbranched alkanes of at least 4 members (excludes halogenated alkanes) is 4. The van der Waals surface area contributed by atoms with Crippen LogP contribution in [-0.2, 0) is 19.2 Å². The Labute approximate surface area is 212 Å². The van der Waals surface area contributed by atoms with Gasteiger partial charge in [0.25, 0.3) is 0 Å². The van der Waals surface area contributed by atoms with Gasteiger partial charge in [0.1, 0.15) is 12.1 Å². The fourth-order valence-corrected chi connectivity index (χ4v) is 3.80. The molecule has 206 valence electrons. The maximum atomic E-state index is 11.6. The van der Waals surface area contributed by atoms with E-state index in [-0.39, 0.29) is 6.42 Å². The van der Waals surface area contributed by atoms with Crippen molar-refractivity contribution in [3.8, 4) is 0 Å². The molecule has 0 aliphatic heterocycles. The van der Waals surface area contributed by atoms with Crippen LogP contribution < -0.4 is 15.7 Å². The minimum atomic E-state index is -1.36. The van der Waals surface area contributed by atoms with Gasteiger partial charge in [0, 0.05) is 12.9 Å². The molecular formula is C26H51N3O6. The third kappa shape index (κ3) is 18.8. The van der Waals surface area contributed by atoms with E-state index in [9.17, 15) is 24.3 Å². The van der Waals surface area contributed by atoms with Crippen LogP contribution in [0.1, 0.15) is 106 Å². The van der Waals surface area contributed by atoms with Crippen molar-refractivity contribution < 1.29 is 33.9 Å². The van der Waals surface area contributed by atoms with Gasteiger partial charge >= 0.3 is 5.97 Å². The summed E-state index contributed by atoms with van der Waals surface area (Å²) in [4.78, 5) is 43.3. The highest BCUT2D eigenvalue weighted by Gasteiger charge is 2.25. The van der Waals surface area contributed by atoms with E-state index in [0.29, 0.717) is 0 Å². The molecular weight excluding hydrogens is 450 g/mol. The van der Waals surface area contributed by atoms with Crippen LogP contribution in [0, 0.1) is 0 Å². The third-order valence-corrected chi connectivity index (χ3v) is 6.00. The standard InChI is InChI=1S/C16H36N.C10H16N2O6/c1-5-9-13-17(14-10-6-2,15-11-7-3)16-12-8-4;1-5(10(17)18)11-9(16)7(12-6(2)13)3-4-8(14)15/h5-16H2,1-4H3;5,7H,3-4H2,1-2H3,(H,11,16)(H,12,13)(H,14,15)(H,17,18)/q+1;/p-1/t;5-,7-/m.0/s1. The lowest BCUT2D eigenvalue weighted by molar-refractivity contribution is -0.929. The molecule has 0 aromatic heterocycles. The number of rotatable bonds is 19. The second-order valence-corrected chi connectivity index (χ2v) is 9.38. The molecule has 0 aromatic rings. The predicted molar refractivity (Wildman–Crippen MR) is 136 cm³/mol. The average molecular weight is 502 g/mol. The van der Waals surface area contributed by atoms with Gasteiger partial charge in [-0.25, -0.2) is 0 Å². The van der Waals surface area contributed by atoms with E-state index < -0.39 is 42.3 Å². The second-order valence-electron chi connectivity index (χ2n) is 9.38. The van der Waals surface area contributed by atoms with Gasteiger partial charge in [-0.1, -0.05) is 53.4 Å². The van der Waals surface area contributed by atoms with Gasteiger partial charge in [0.15, 0.2) is 0 Å². The van der Waals surface area contributed by atoms with Crippen molar-refractivity contribution in [3.05, 3.63) is 0 Å². The summed E-state index contributed by atoms with van der Waals surface area (Å²) in [5.74, 6) is -3.85. The molecule has 0 saturated carbocycles. The number of nitrogens with zero attached hydrogens (tertiary/aromatic N) is 1. The lowest BCUT2D eigenvalue weighted by Gasteiger charge is -2.39. The summed E-state index contributed by atoms with van der Waals surface area (Å²) in [5, 5.41) is 23.3. The zero-order valence-corrected chi connectivity index (χ0v) is 23.0. The van der Waals surface area contributed by atoms with Gasteiger partial charge in [-0.05, 0) is 45.4 Å². The largest absolute Gasteiger partial charge is 0.550 e. The quantitative estimate of drug-likeness (QED) is 0.233.